The highest BCUT2D eigenvalue weighted by atomic mass is 16.2. The maximum absolute atomic E-state index is 13.2. The SMILES string of the molecule is O=C1CCCCN1CCNC(=O)C1(c2ccccc2)CC12CCCC2. The molecule has 0 bridgehead atoms. The number of hydrogen-bond acceptors (Lipinski definition) is 2. The van der Waals surface area contributed by atoms with E-state index in [4.69, 9.17) is 0 Å². The Bertz CT molecular complexity index is 651. The topological polar surface area (TPSA) is 49.4 Å². The van der Waals surface area contributed by atoms with Crippen molar-refractivity contribution in [1.29, 1.82) is 0 Å². The summed E-state index contributed by atoms with van der Waals surface area (Å²) >= 11 is 0. The number of piperidine rings is 1. The molecule has 1 aromatic carbocycles. The molecule has 25 heavy (non-hydrogen) atoms. The number of benzene rings is 1. The zero-order chi connectivity index (χ0) is 17.3. The van der Waals surface area contributed by atoms with E-state index in [1.165, 1.54) is 31.2 Å². The number of likely N-dealkylation sites (tertiary alicyclic amines) is 1. The molecule has 1 saturated heterocycles. The van der Waals surface area contributed by atoms with Gasteiger partial charge in [-0.3, -0.25) is 9.59 Å². The van der Waals surface area contributed by atoms with Crippen LogP contribution in [0.3, 0.4) is 0 Å². The minimum atomic E-state index is -0.337. The molecule has 4 heteroatoms. The number of carbonyl (C=O) groups is 2. The fraction of sp³-hybridized carbons (Fsp3) is 0.619. The molecule has 2 saturated carbocycles. The third-order valence-corrected chi connectivity index (χ3v) is 6.69. The standard InChI is InChI=1S/C21H28N2O2/c24-18-10-4-7-14-23(18)15-13-22-19(25)21(17-8-2-1-3-9-17)16-20(21)11-5-6-12-20/h1-3,8-9H,4-7,10-16H2,(H,22,25). The molecular formula is C21H28N2O2. The monoisotopic (exact) mass is 340 g/mol. The van der Waals surface area contributed by atoms with Crippen LogP contribution in [0, 0.1) is 5.41 Å². The van der Waals surface area contributed by atoms with E-state index in [9.17, 15) is 9.59 Å². The zero-order valence-corrected chi connectivity index (χ0v) is 14.9. The van der Waals surface area contributed by atoms with Gasteiger partial charge in [0.15, 0.2) is 0 Å². The van der Waals surface area contributed by atoms with Crippen LogP contribution < -0.4 is 5.32 Å². The molecule has 0 aromatic heterocycles. The first kappa shape index (κ1) is 16.6. The van der Waals surface area contributed by atoms with Crippen LogP contribution in [-0.4, -0.2) is 36.3 Å². The number of nitrogens with one attached hydrogen (secondary N) is 1. The summed E-state index contributed by atoms with van der Waals surface area (Å²) < 4.78 is 0. The Morgan fingerprint density at radius 1 is 1.08 bits per heavy atom. The van der Waals surface area contributed by atoms with Gasteiger partial charge in [-0.1, -0.05) is 43.2 Å². The Labute approximate surface area is 150 Å². The van der Waals surface area contributed by atoms with Crippen LogP contribution in [0.1, 0.15) is 56.9 Å². The quantitative estimate of drug-likeness (QED) is 0.896. The van der Waals surface area contributed by atoms with Gasteiger partial charge in [0, 0.05) is 26.1 Å². The highest BCUT2D eigenvalue weighted by Gasteiger charge is 2.72. The van der Waals surface area contributed by atoms with E-state index in [2.05, 4.69) is 17.4 Å². The molecule has 2 aliphatic carbocycles. The predicted molar refractivity (Wildman–Crippen MR) is 97.1 cm³/mol. The van der Waals surface area contributed by atoms with Gasteiger partial charge in [-0.15, -0.1) is 0 Å². The molecule has 1 atom stereocenters. The summed E-state index contributed by atoms with van der Waals surface area (Å²) in [6.07, 6.45) is 8.54. The Hall–Kier alpha value is -1.84. The van der Waals surface area contributed by atoms with Crippen molar-refractivity contribution in [2.24, 2.45) is 5.41 Å². The van der Waals surface area contributed by atoms with Gasteiger partial charge in [-0.25, -0.2) is 0 Å². The third-order valence-electron chi connectivity index (χ3n) is 6.69. The lowest BCUT2D eigenvalue weighted by molar-refractivity contribution is -0.133. The van der Waals surface area contributed by atoms with E-state index in [1.807, 2.05) is 23.1 Å². The molecule has 1 aromatic rings. The van der Waals surface area contributed by atoms with Crippen LogP contribution in [0.5, 0.6) is 0 Å². The van der Waals surface area contributed by atoms with Gasteiger partial charge in [-0.2, -0.15) is 0 Å². The molecule has 1 heterocycles. The first-order valence-corrected chi connectivity index (χ1v) is 9.80. The second kappa shape index (κ2) is 6.47. The van der Waals surface area contributed by atoms with Crippen LogP contribution >= 0.6 is 0 Å². The summed E-state index contributed by atoms with van der Waals surface area (Å²) in [5, 5.41) is 3.17. The Morgan fingerprint density at radius 3 is 2.56 bits per heavy atom. The van der Waals surface area contributed by atoms with Crippen LogP contribution in [0.25, 0.3) is 0 Å². The molecule has 4 rings (SSSR count). The molecule has 134 valence electrons. The molecule has 3 aliphatic rings. The van der Waals surface area contributed by atoms with Crippen LogP contribution in [-0.2, 0) is 15.0 Å². The smallest absolute Gasteiger partial charge is 0.231 e. The van der Waals surface area contributed by atoms with E-state index in [0.29, 0.717) is 19.5 Å². The van der Waals surface area contributed by atoms with E-state index >= 15 is 0 Å². The van der Waals surface area contributed by atoms with Gasteiger partial charge >= 0.3 is 0 Å². The van der Waals surface area contributed by atoms with Crippen molar-refractivity contribution in [2.75, 3.05) is 19.6 Å². The molecule has 1 aliphatic heterocycles. The number of rotatable bonds is 5. The van der Waals surface area contributed by atoms with Crippen molar-refractivity contribution < 1.29 is 9.59 Å². The molecule has 2 amide bonds. The van der Waals surface area contributed by atoms with Gasteiger partial charge in [-0.05, 0) is 43.1 Å². The Kier molecular flexibility index (Phi) is 4.30. The highest BCUT2D eigenvalue weighted by Crippen LogP contribution is 2.72. The number of nitrogens with zero attached hydrogens (tertiary/aromatic N) is 1. The van der Waals surface area contributed by atoms with Crippen molar-refractivity contribution in [3.05, 3.63) is 35.9 Å². The first-order valence-electron chi connectivity index (χ1n) is 9.80. The Morgan fingerprint density at radius 2 is 1.84 bits per heavy atom. The van der Waals surface area contributed by atoms with Crippen molar-refractivity contribution in [3.63, 3.8) is 0 Å². The average Bonchev–Trinajstić information content (AvgIpc) is 3.05. The molecular weight excluding hydrogens is 312 g/mol. The van der Waals surface area contributed by atoms with Gasteiger partial charge in [0.2, 0.25) is 11.8 Å². The molecule has 3 fully saturated rings. The van der Waals surface area contributed by atoms with Crippen LogP contribution in [0.4, 0.5) is 0 Å². The van der Waals surface area contributed by atoms with Crippen molar-refractivity contribution in [2.45, 2.75) is 56.8 Å². The van der Waals surface area contributed by atoms with E-state index < -0.39 is 0 Å². The van der Waals surface area contributed by atoms with E-state index in [-0.39, 0.29) is 22.6 Å². The second-order valence-electron chi connectivity index (χ2n) is 8.03. The normalized spacial score (nSPS) is 27.5. The van der Waals surface area contributed by atoms with Gasteiger partial charge < -0.3 is 10.2 Å². The summed E-state index contributed by atoms with van der Waals surface area (Å²) in [5.74, 6) is 0.405. The second-order valence-corrected chi connectivity index (χ2v) is 8.03. The number of amides is 2. The summed E-state index contributed by atoms with van der Waals surface area (Å²) in [6, 6.07) is 10.3. The maximum Gasteiger partial charge on any atom is 0.231 e. The molecule has 0 radical (unpaired) electrons. The minimum Gasteiger partial charge on any atom is -0.354 e. The van der Waals surface area contributed by atoms with E-state index in [1.54, 1.807) is 0 Å². The zero-order valence-electron chi connectivity index (χ0n) is 14.9. The molecule has 1 spiro atoms. The molecule has 1 N–H and O–H groups in total. The van der Waals surface area contributed by atoms with Gasteiger partial charge in [0.05, 0.1) is 5.41 Å². The van der Waals surface area contributed by atoms with Crippen molar-refractivity contribution in [3.8, 4) is 0 Å². The lowest BCUT2D eigenvalue weighted by Gasteiger charge is -2.28. The maximum atomic E-state index is 13.2. The van der Waals surface area contributed by atoms with Gasteiger partial charge in [0.1, 0.15) is 0 Å². The molecule has 1 unspecified atom stereocenters. The summed E-state index contributed by atoms with van der Waals surface area (Å²) in [7, 11) is 0. The summed E-state index contributed by atoms with van der Waals surface area (Å²) in [5.41, 5.74) is 1.01. The average molecular weight is 340 g/mol. The lowest BCUT2D eigenvalue weighted by Crippen LogP contribution is -2.44. The van der Waals surface area contributed by atoms with Crippen LogP contribution in [0.2, 0.25) is 0 Å². The summed E-state index contributed by atoms with van der Waals surface area (Å²) in [4.78, 5) is 27.0. The van der Waals surface area contributed by atoms with Crippen molar-refractivity contribution >= 4 is 11.8 Å². The predicted octanol–water partition coefficient (Wildman–Crippen LogP) is 3.02. The third kappa shape index (κ3) is 2.76. The summed E-state index contributed by atoms with van der Waals surface area (Å²) in [6.45, 7) is 2.04. The van der Waals surface area contributed by atoms with E-state index in [0.717, 1.165) is 25.8 Å². The largest absolute Gasteiger partial charge is 0.354 e. The fourth-order valence-corrected chi connectivity index (χ4v) is 5.26. The Balaban J connectivity index is 1.44. The first-order chi connectivity index (χ1) is 12.2. The van der Waals surface area contributed by atoms with Gasteiger partial charge in [0.25, 0.3) is 0 Å². The van der Waals surface area contributed by atoms with Crippen LogP contribution in [0.15, 0.2) is 30.3 Å². The molecule has 4 nitrogen and oxygen atoms in total. The van der Waals surface area contributed by atoms with Crippen molar-refractivity contribution in [1.82, 2.24) is 10.2 Å². The minimum absolute atomic E-state index is 0.171. The highest BCUT2D eigenvalue weighted by molar-refractivity contribution is 5.93. The number of carbonyl (C=O) groups excluding carboxylic acids is 2. The number of hydrogen-bond donors (Lipinski definition) is 1. The fourth-order valence-electron chi connectivity index (χ4n) is 5.26. The lowest BCUT2D eigenvalue weighted by atomic mass is 9.84.